The first-order valence-corrected chi connectivity index (χ1v) is 7.35. The summed E-state index contributed by atoms with van der Waals surface area (Å²) in [6.45, 7) is 0. The third kappa shape index (κ3) is 2.03. The molecule has 4 rings (SSSR count). The topological polar surface area (TPSA) is 89.9 Å². The number of H-pyrrole nitrogens is 1. The molecule has 0 saturated carbocycles. The number of rotatable bonds is 2. The van der Waals surface area contributed by atoms with Gasteiger partial charge in [-0.25, -0.2) is 4.79 Å². The van der Waals surface area contributed by atoms with Crippen molar-refractivity contribution in [1.29, 1.82) is 0 Å². The zero-order chi connectivity index (χ0) is 16.7. The van der Waals surface area contributed by atoms with Gasteiger partial charge in [0, 0.05) is 0 Å². The van der Waals surface area contributed by atoms with E-state index in [1.807, 2.05) is 24.3 Å². The molecule has 7 nitrogen and oxygen atoms in total. The average molecular weight is 320 g/mol. The Morgan fingerprint density at radius 1 is 0.833 bits per heavy atom. The van der Waals surface area contributed by atoms with E-state index in [-0.39, 0.29) is 11.3 Å². The smallest absolute Gasteiger partial charge is 0.382 e. The van der Waals surface area contributed by atoms with Gasteiger partial charge in [-0.05, 0) is 24.3 Å². The molecule has 0 amide bonds. The molecule has 0 aliphatic rings. The predicted octanol–water partition coefficient (Wildman–Crippen LogP) is 0.637. The molecule has 0 aliphatic heterocycles. The summed E-state index contributed by atoms with van der Waals surface area (Å²) >= 11 is 0. The summed E-state index contributed by atoms with van der Waals surface area (Å²) in [6, 6.07) is 18.0. The summed E-state index contributed by atoms with van der Waals surface area (Å²) < 4.78 is 3.98. The monoisotopic (exact) mass is 320 g/mol. The number of aromatic nitrogens is 4. The van der Waals surface area contributed by atoms with Crippen molar-refractivity contribution in [3.05, 3.63) is 87.6 Å². The third-order valence-corrected chi connectivity index (χ3v) is 3.81. The second-order valence-electron chi connectivity index (χ2n) is 5.32. The summed E-state index contributed by atoms with van der Waals surface area (Å²) in [5.41, 5.74) is 6.36. The number of hydrogen-bond acceptors (Lipinski definition) is 3. The van der Waals surface area contributed by atoms with Gasteiger partial charge in [0.15, 0.2) is 17.7 Å². The van der Waals surface area contributed by atoms with Crippen molar-refractivity contribution < 1.29 is 4.52 Å². The van der Waals surface area contributed by atoms with Crippen molar-refractivity contribution in [2.75, 3.05) is 5.73 Å². The maximum Gasteiger partial charge on any atom is 0.412 e. The van der Waals surface area contributed by atoms with Crippen molar-refractivity contribution in [3.63, 3.8) is 0 Å². The summed E-state index contributed by atoms with van der Waals surface area (Å²) in [5.74, 6) is 0.227. The number of anilines is 1. The molecule has 24 heavy (non-hydrogen) atoms. The normalized spacial score (nSPS) is 11.0. The number of hydrogen-bond donors (Lipinski definition) is 2. The number of para-hydroxylation sites is 2. The van der Waals surface area contributed by atoms with Gasteiger partial charge in [-0.2, -0.15) is 0 Å². The zero-order valence-electron chi connectivity index (χ0n) is 12.6. The molecule has 4 aromatic rings. The second kappa shape index (κ2) is 5.24. The molecule has 118 valence electrons. The number of nitrogens with zero attached hydrogens (tertiary/aromatic N) is 3. The molecule has 3 N–H and O–H groups in total. The van der Waals surface area contributed by atoms with Crippen molar-refractivity contribution in [1.82, 2.24) is 14.5 Å². The van der Waals surface area contributed by atoms with Gasteiger partial charge in [-0.1, -0.05) is 46.3 Å². The summed E-state index contributed by atoms with van der Waals surface area (Å²) in [7, 11) is 0. The predicted molar refractivity (Wildman–Crippen MR) is 89.6 cm³/mol. The first-order valence-electron chi connectivity index (χ1n) is 7.35. The fourth-order valence-corrected chi connectivity index (χ4v) is 2.71. The largest absolute Gasteiger partial charge is 0.412 e. The van der Waals surface area contributed by atoms with E-state index >= 15 is 0 Å². The van der Waals surface area contributed by atoms with E-state index in [0.717, 1.165) is 0 Å². The first kappa shape index (κ1) is 14.0. The quantitative estimate of drug-likeness (QED) is 0.531. The molecule has 2 aromatic heterocycles. The van der Waals surface area contributed by atoms with Crippen molar-refractivity contribution in [2.45, 2.75) is 0 Å². The highest BCUT2D eigenvalue weighted by molar-refractivity contribution is 5.47. The van der Waals surface area contributed by atoms with Gasteiger partial charge in [0.05, 0.1) is 5.69 Å². The summed E-state index contributed by atoms with van der Waals surface area (Å²) in [6.07, 6.45) is 1.52. The van der Waals surface area contributed by atoms with Crippen LogP contribution in [-0.2, 0) is 0 Å². The first-order chi connectivity index (χ1) is 11.7. The lowest BCUT2D eigenvalue weighted by molar-refractivity contribution is -0.584. The number of aromatic amines is 1. The van der Waals surface area contributed by atoms with Crippen molar-refractivity contribution in [3.8, 4) is 11.4 Å². The van der Waals surface area contributed by atoms with Gasteiger partial charge in [0.25, 0.3) is 0 Å². The van der Waals surface area contributed by atoms with Crippen molar-refractivity contribution >= 4 is 11.3 Å². The molecule has 0 atom stereocenters. The molecule has 0 saturated heterocycles. The Labute approximate surface area is 135 Å². The van der Waals surface area contributed by atoms with Gasteiger partial charge < -0.3 is 5.73 Å². The Bertz CT molecular complexity index is 1140. The number of nitrogen functional groups attached to an aromatic ring is 1. The van der Waals surface area contributed by atoms with E-state index in [2.05, 4.69) is 5.21 Å². The Morgan fingerprint density at radius 3 is 2.04 bits per heavy atom. The van der Waals surface area contributed by atoms with Gasteiger partial charge in [0.1, 0.15) is 0 Å². The number of nitrogens with two attached hydrogens (primary N) is 1. The van der Waals surface area contributed by atoms with Crippen LogP contribution in [0.15, 0.2) is 76.4 Å². The Balaban J connectivity index is 2.06. The molecule has 2 heterocycles. The number of benzene rings is 2. The third-order valence-electron chi connectivity index (χ3n) is 3.81. The van der Waals surface area contributed by atoms with E-state index in [1.54, 1.807) is 36.4 Å². The molecule has 0 aliphatic carbocycles. The lowest BCUT2D eigenvalue weighted by Crippen LogP contribution is -2.37. The molecular formula is C17H14N5O2+. The van der Waals surface area contributed by atoms with Crippen molar-refractivity contribution in [2.24, 2.45) is 0 Å². The van der Waals surface area contributed by atoms with Gasteiger partial charge in [0.2, 0.25) is 0 Å². The summed E-state index contributed by atoms with van der Waals surface area (Å²) in [5, 5.41) is 2.87. The Kier molecular flexibility index (Phi) is 3.06. The van der Waals surface area contributed by atoms with Crippen LogP contribution >= 0.6 is 0 Å². The van der Waals surface area contributed by atoms with E-state index in [0.29, 0.717) is 11.4 Å². The van der Waals surface area contributed by atoms with Crippen LogP contribution in [0.25, 0.3) is 16.9 Å². The second-order valence-corrected chi connectivity index (χ2v) is 5.32. The molecule has 0 spiro atoms. The zero-order valence-corrected chi connectivity index (χ0v) is 12.6. The lowest BCUT2D eigenvalue weighted by Gasteiger charge is -2.06. The average Bonchev–Trinajstić information content (AvgIpc) is 2.93. The van der Waals surface area contributed by atoms with Gasteiger partial charge in [-0.15, -0.1) is 4.52 Å². The van der Waals surface area contributed by atoms with Crippen LogP contribution in [0.3, 0.4) is 0 Å². The highest BCUT2D eigenvalue weighted by Crippen LogP contribution is 2.09. The van der Waals surface area contributed by atoms with Gasteiger partial charge in [-0.3, -0.25) is 9.36 Å². The number of fused-ring (bicyclic) bond motifs is 1. The van der Waals surface area contributed by atoms with E-state index < -0.39 is 11.1 Å². The molecule has 0 radical (unpaired) electrons. The van der Waals surface area contributed by atoms with E-state index in [1.165, 1.54) is 20.0 Å². The molecule has 2 aromatic carbocycles. The van der Waals surface area contributed by atoms with Crippen LogP contribution in [0.2, 0.25) is 0 Å². The SMILES string of the molecule is Nc1c[n+]2[nH]n(-c3ccccc3)c(=O)c2c(=O)n1-c1ccccc1. The Hall–Kier alpha value is -3.61. The molecular weight excluding hydrogens is 306 g/mol. The minimum absolute atomic E-state index is 0.00286. The highest BCUT2D eigenvalue weighted by atomic mass is 16.2. The highest BCUT2D eigenvalue weighted by Gasteiger charge is 2.23. The fraction of sp³-hybridized carbons (Fsp3) is 0. The van der Waals surface area contributed by atoms with Gasteiger partial charge >= 0.3 is 16.6 Å². The molecule has 7 heteroatoms. The van der Waals surface area contributed by atoms with Crippen LogP contribution in [0.5, 0.6) is 0 Å². The molecule has 0 fully saturated rings. The van der Waals surface area contributed by atoms with Crippen LogP contribution in [0.4, 0.5) is 5.82 Å². The fourth-order valence-electron chi connectivity index (χ4n) is 2.71. The van der Waals surface area contributed by atoms with E-state index in [4.69, 9.17) is 5.73 Å². The minimum atomic E-state index is -0.475. The molecule has 0 unspecified atom stereocenters. The van der Waals surface area contributed by atoms with Crippen LogP contribution < -0.4 is 21.4 Å². The van der Waals surface area contributed by atoms with Crippen LogP contribution in [-0.4, -0.2) is 14.5 Å². The molecule has 0 bridgehead atoms. The van der Waals surface area contributed by atoms with E-state index in [9.17, 15) is 9.59 Å². The van der Waals surface area contributed by atoms with Crippen LogP contribution in [0.1, 0.15) is 0 Å². The van der Waals surface area contributed by atoms with Crippen LogP contribution in [0, 0.1) is 0 Å². The number of nitrogens with one attached hydrogen (secondary N) is 1. The summed E-state index contributed by atoms with van der Waals surface area (Å²) in [4.78, 5) is 25.5. The lowest BCUT2D eigenvalue weighted by atomic mass is 10.3. The maximum absolute atomic E-state index is 12.8. The standard InChI is InChI=1S/C17H13N5O2/c18-14-11-20-15(16(23)21(14)12-7-3-1-4-8-12)17(24)22(19-20)13-9-5-2-6-10-13/h1-11H,(H2-,18,19,23,24)/p+1. The Morgan fingerprint density at radius 2 is 1.42 bits per heavy atom. The maximum atomic E-state index is 12.8. The minimum Gasteiger partial charge on any atom is -0.382 e.